The fraction of sp³-hybridized carbons (Fsp3) is 0.278. The Balaban J connectivity index is 1.51. The van der Waals surface area contributed by atoms with Crippen molar-refractivity contribution in [3.8, 4) is 0 Å². The first-order valence-corrected chi connectivity index (χ1v) is 10.4. The van der Waals surface area contributed by atoms with Gasteiger partial charge in [0.05, 0.1) is 10.9 Å². The van der Waals surface area contributed by atoms with Gasteiger partial charge in [0.1, 0.15) is 0 Å². The number of hydrogen-bond donors (Lipinski definition) is 2. The molecular formula is C18H19BrN2O3S. The number of hydrogen-bond acceptors (Lipinski definition) is 3. The van der Waals surface area contributed by atoms with Gasteiger partial charge >= 0.3 is 0 Å². The van der Waals surface area contributed by atoms with Crippen molar-refractivity contribution in [2.24, 2.45) is 0 Å². The minimum absolute atomic E-state index is 0.0202. The first kappa shape index (κ1) is 18.1. The fourth-order valence-electron chi connectivity index (χ4n) is 2.97. The summed E-state index contributed by atoms with van der Waals surface area (Å²) < 4.78 is 27.6. The van der Waals surface area contributed by atoms with E-state index in [0.717, 1.165) is 22.9 Å². The van der Waals surface area contributed by atoms with Crippen molar-refractivity contribution in [1.82, 2.24) is 10.0 Å². The van der Waals surface area contributed by atoms with E-state index in [1.807, 2.05) is 18.2 Å². The number of carbonyl (C=O) groups excluding carboxylic acids is 1. The molecule has 1 aliphatic carbocycles. The second kappa shape index (κ2) is 7.68. The van der Waals surface area contributed by atoms with E-state index >= 15 is 0 Å². The smallest absolute Gasteiger partial charge is 0.240 e. The van der Waals surface area contributed by atoms with Crippen molar-refractivity contribution < 1.29 is 13.2 Å². The Morgan fingerprint density at radius 2 is 1.84 bits per heavy atom. The Kier molecular flexibility index (Phi) is 5.56. The molecule has 0 aromatic heterocycles. The molecule has 0 saturated heterocycles. The first-order valence-electron chi connectivity index (χ1n) is 8.08. The molecule has 5 nitrogen and oxygen atoms in total. The minimum atomic E-state index is -3.60. The molecule has 0 fully saturated rings. The quantitative estimate of drug-likeness (QED) is 0.751. The third kappa shape index (κ3) is 4.48. The monoisotopic (exact) mass is 422 g/mol. The van der Waals surface area contributed by atoms with Crippen LogP contribution in [0.25, 0.3) is 0 Å². The molecular weight excluding hydrogens is 404 g/mol. The summed E-state index contributed by atoms with van der Waals surface area (Å²) in [7, 11) is -3.60. The molecule has 3 rings (SSSR count). The van der Waals surface area contributed by atoms with E-state index in [9.17, 15) is 13.2 Å². The van der Waals surface area contributed by atoms with Gasteiger partial charge in [-0.15, -0.1) is 0 Å². The molecule has 2 aromatic carbocycles. The van der Waals surface area contributed by atoms with Crippen LogP contribution in [0.3, 0.4) is 0 Å². The Labute approximate surface area is 156 Å². The van der Waals surface area contributed by atoms with E-state index < -0.39 is 10.0 Å². The average molecular weight is 423 g/mol. The molecule has 1 aliphatic rings. The number of benzene rings is 2. The zero-order valence-corrected chi connectivity index (χ0v) is 15.9. The van der Waals surface area contributed by atoms with Gasteiger partial charge < -0.3 is 5.32 Å². The molecule has 0 heterocycles. The van der Waals surface area contributed by atoms with Crippen LogP contribution in [0.1, 0.15) is 30.0 Å². The first-order chi connectivity index (χ1) is 12.0. The van der Waals surface area contributed by atoms with Gasteiger partial charge in [-0.3, -0.25) is 4.79 Å². The van der Waals surface area contributed by atoms with Crippen LogP contribution in [0.4, 0.5) is 0 Å². The predicted octanol–water partition coefficient (Wildman–Crippen LogP) is 2.92. The molecule has 0 aliphatic heterocycles. The van der Waals surface area contributed by atoms with Crippen molar-refractivity contribution in [1.29, 1.82) is 0 Å². The highest BCUT2D eigenvalue weighted by molar-refractivity contribution is 9.10. The topological polar surface area (TPSA) is 75.3 Å². The second-order valence-corrected chi connectivity index (χ2v) is 8.64. The lowest BCUT2D eigenvalue weighted by Gasteiger charge is -2.14. The lowest BCUT2D eigenvalue weighted by molar-refractivity contribution is -0.121. The SMILES string of the molecule is O=C(CCNS(=O)(=O)c1ccc(Br)cc1)N[C@H]1CCc2ccccc21. The highest BCUT2D eigenvalue weighted by Gasteiger charge is 2.23. The minimum Gasteiger partial charge on any atom is -0.349 e. The standard InChI is InChI=1S/C18H19BrN2O3S/c19-14-6-8-15(9-7-14)25(23,24)20-12-11-18(22)21-17-10-5-13-3-1-2-4-16(13)17/h1-4,6-9,17,20H,5,10-12H2,(H,21,22)/t17-/m0/s1. The molecule has 2 N–H and O–H groups in total. The summed E-state index contributed by atoms with van der Waals surface area (Å²) in [4.78, 5) is 12.3. The maximum absolute atomic E-state index is 12.2. The van der Waals surface area contributed by atoms with Crippen LogP contribution < -0.4 is 10.0 Å². The van der Waals surface area contributed by atoms with Crippen molar-refractivity contribution in [2.75, 3.05) is 6.54 Å². The van der Waals surface area contributed by atoms with Gasteiger partial charge in [-0.2, -0.15) is 0 Å². The molecule has 0 saturated carbocycles. The molecule has 0 radical (unpaired) electrons. The number of sulfonamides is 1. The van der Waals surface area contributed by atoms with Crippen molar-refractivity contribution in [2.45, 2.75) is 30.2 Å². The summed E-state index contributed by atoms with van der Waals surface area (Å²) in [6.07, 6.45) is 1.95. The highest BCUT2D eigenvalue weighted by Crippen LogP contribution is 2.30. The summed E-state index contributed by atoms with van der Waals surface area (Å²) in [5, 5.41) is 2.99. The van der Waals surface area contributed by atoms with Gasteiger partial charge in [0.25, 0.3) is 0 Å². The van der Waals surface area contributed by atoms with E-state index in [-0.39, 0.29) is 29.8 Å². The zero-order chi connectivity index (χ0) is 17.9. The fourth-order valence-corrected chi connectivity index (χ4v) is 4.27. The van der Waals surface area contributed by atoms with E-state index in [0.29, 0.717) is 0 Å². The number of rotatable bonds is 6. The van der Waals surface area contributed by atoms with Crippen LogP contribution in [0.2, 0.25) is 0 Å². The van der Waals surface area contributed by atoms with Gasteiger partial charge in [0.15, 0.2) is 0 Å². The maximum atomic E-state index is 12.2. The molecule has 7 heteroatoms. The predicted molar refractivity (Wildman–Crippen MR) is 99.6 cm³/mol. The van der Waals surface area contributed by atoms with Crippen LogP contribution >= 0.6 is 15.9 Å². The molecule has 1 amide bonds. The molecule has 2 aromatic rings. The Hall–Kier alpha value is -1.70. The van der Waals surface area contributed by atoms with E-state index in [1.165, 1.54) is 17.7 Å². The summed E-state index contributed by atoms with van der Waals surface area (Å²) in [5.41, 5.74) is 2.43. The summed E-state index contributed by atoms with van der Waals surface area (Å²) >= 11 is 3.27. The molecule has 0 unspecified atom stereocenters. The van der Waals surface area contributed by atoms with E-state index in [2.05, 4.69) is 32.0 Å². The van der Waals surface area contributed by atoms with E-state index in [1.54, 1.807) is 12.1 Å². The lowest BCUT2D eigenvalue weighted by atomic mass is 10.1. The van der Waals surface area contributed by atoms with Crippen LogP contribution in [0, 0.1) is 0 Å². The van der Waals surface area contributed by atoms with Crippen LogP contribution in [0.15, 0.2) is 57.9 Å². The molecule has 1 atom stereocenters. The molecule has 0 spiro atoms. The largest absolute Gasteiger partial charge is 0.349 e. The van der Waals surface area contributed by atoms with Gasteiger partial charge in [-0.05, 0) is 48.2 Å². The molecule has 132 valence electrons. The Morgan fingerprint density at radius 3 is 2.60 bits per heavy atom. The highest BCUT2D eigenvalue weighted by atomic mass is 79.9. The van der Waals surface area contributed by atoms with Gasteiger partial charge in [0, 0.05) is 17.4 Å². The lowest BCUT2D eigenvalue weighted by Crippen LogP contribution is -2.32. The van der Waals surface area contributed by atoms with Crippen molar-refractivity contribution in [3.63, 3.8) is 0 Å². The van der Waals surface area contributed by atoms with E-state index in [4.69, 9.17) is 0 Å². The Morgan fingerprint density at radius 1 is 1.12 bits per heavy atom. The summed E-state index contributed by atoms with van der Waals surface area (Å²) in [6.45, 7) is 0.0681. The maximum Gasteiger partial charge on any atom is 0.240 e. The van der Waals surface area contributed by atoms with Crippen molar-refractivity contribution in [3.05, 3.63) is 64.1 Å². The summed E-state index contributed by atoms with van der Waals surface area (Å²) in [5.74, 6) is -0.153. The zero-order valence-electron chi connectivity index (χ0n) is 13.5. The second-order valence-electron chi connectivity index (χ2n) is 5.96. The number of fused-ring (bicyclic) bond motifs is 1. The van der Waals surface area contributed by atoms with Gasteiger partial charge in [0.2, 0.25) is 15.9 Å². The van der Waals surface area contributed by atoms with Crippen molar-refractivity contribution >= 4 is 31.9 Å². The average Bonchev–Trinajstić information content (AvgIpc) is 2.98. The van der Waals surface area contributed by atoms with Gasteiger partial charge in [-0.25, -0.2) is 13.1 Å². The molecule has 25 heavy (non-hydrogen) atoms. The third-order valence-electron chi connectivity index (χ3n) is 4.24. The third-order valence-corrected chi connectivity index (χ3v) is 6.24. The van der Waals surface area contributed by atoms with Crippen LogP contribution in [-0.2, 0) is 21.2 Å². The number of amides is 1. The van der Waals surface area contributed by atoms with Crippen LogP contribution in [0.5, 0.6) is 0 Å². The number of halogens is 1. The number of carbonyl (C=O) groups is 1. The Bertz CT molecular complexity index is 866. The summed E-state index contributed by atoms with van der Waals surface area (Å²) in [6, 6.07) is 14.5. The number of nitrogens with one attached hydrogen (secondary N) is 2. The molecule has 0 bridgehead atoms. The normalized spacial score (nSPS) is 16.4. The van der Waals surface area contributed by atoms with Crippen LogP contribution in [-0.4, -0.2) is 20.9 Å². The number of aryl methyl sites for hydroxylation is 1. The van der Waals surface area contributed by atoms with Gasteiger partial charge in [-0.1, -0.05) is 40.2 Å².